The van der Waals surface area contributed by atoms with Crippen LogP contribution < -0.4 is 5.32 Å². The zero-order valence-electron chi connectivity index (χ0n) is 7.99. The Hall–Kier alpha value is -0.830. The van der Waals surface area contributed by atoms with E-state index in [4.69, 9.17) is 11.6 Å². The predicted octanol–water partition coefficient (Wildman–Crippen LogP) is 2.44. The van der Waals surface area contributed by atoms with Crippen LogP contribution in [-0.4, -0.2) is 21.4 Å². The molecule has 0 aromatic carbocycles. The number of aromatic nitrogens is 2. The Bertz CT molecular complexity index is 270. The van der Waals surface area contributed by atoms with Gasteiger partial charge in [-0.25, -0.2) is 9.97 Å². The lowest BCUT2D eigenvalue weighted by atomic mass is 9.95. The molecule has 1 aromatic heterocycles. The first kappa shape index (κ1) is 9.71. The number of hydrogen-bond donors (Lipinski definition) is 1. The molecule has 0 bridgehead atoms. The molecule has 1 aliphatic rings. The van der Waals surface area contributed by atoms with Crippen molar-refractivity contribution >= 4 is 17.4 Å². The van der Waals surface area contributed by atoms with Gasteiger partial charge in [0.1, 0.15) is 12.1 Å². The third-order valence-electron chi connectivity index (χ3n) is 2.59. The first-order valence-corrected chi connectivity index (χ1v) is 5.45. The summed E-state index contributed by atoms with van der Waals surface area (Å²) >= 11 is 6.03. The van der Waals surface area contributed by atoms with Crippen LogP contribution in [-0.2, 0) is 0 Å². The number of hydrogen-bond acceptors (Lipinski definition) is 3. The van der Waals surface area contributed by atoms with Gasteiger partial charge in [0.2, 0.25) is 0 Å². The lowest BCUT2D eigenvalue weighted by molar-refractivity contribution is 0.467. The van der Waals surface area contributed by atoms with Crippen molar-refractivity contribution in [3.63, 3.8) is 0 Å². The van der Waals surface area contributed by atoms with Crippen molar-refractivity contribution in [1.82, 2.24) is 9.97 Å². The maximum Gasteiger partial charge on any atom is 0.129 e. The standard InChI is InChI=1S/C10H14ClN3/c11-8-1-3-9(4-2-8)14-10-5-6-12-7-13-10/h5-9H,1-4H2,(H,12,13,14). The summed E-state index contributed by atoms with van der Waals surface area (Å²) < 4.78 is 0. The van der Waals surface area contributed by atoms with Gasteiger partial charge in [-0.1, -0.05) is 0 Å². The Kier molecular flexibility index (Phi) is 3.19. The molecular weight excluding hydrogens is 198 g/mol. The summed E-state index contributed by atoms with van der Waals surface area (Å²) in [5.41, 5.74) is 0. The summed E-state index contributed by atoms with van der Waals surface area (Å²) in [4.78, 5) is 8.01. The van der Waals surface area contributed by atoms with Crippen LogP contribution in [0.1, 0.15) is 25.7 Å². The van der Waals surface area contributed by atoms with E-state index < -0.39 is 0 Å². The van der Waals surface area contributed by atoms with Gasteiger partial charge >= 0.3 is 0 Å². The van der Waals surface area contributed by atoms with Crippen LogP contribution in [0.2, 0.25) is 0 Å². The lowest BCUT2D eigenvalue weighted by Crippen LogP contribution is -2.26. The van der Waals surface area contributed by atoms with Gasteiger partial charge in [0, 0.05) is 17.6 Å². The summed E-state index contributed by atoms with van der Waals surface area (Å²) in [5, 5.41) is 3.77. The summed E-state index contributed by atoms with van der Waals surface area (Å²) in [6.07, 6.45) is 7.79. The van der Waals surface area contributed by atoms with Gasteiger partial charge in [-0.2, -0.15) is 0 Å². The highest BCUT2D eigenvalue weighted by atomic mass is 35.5. The number of anilines is 1. The molecule has 1 saturated carbocycles. The van der Waals surface area contributed by atoms with Crippen LogP contribution in [0.5, 0.6) is 0 Å². The molecule has 1 aliphatic carbocycles. The molecule has 1 aromatic rings. The predicted molar refractivity (Wildman–Crippen MR) is 57.6 cm³/mol. The average Bonchev–Trinajstić information content (AvgIpc) is 2.23. The quantitative estimate of drug-likeness (QED) is 0.764. The molecular formula is C10H14ClN3. The monoisotopic (exact) mass is 211 g/mol. The largest absolute Gasteiger partial charge is 0.367 e. The zero-order valence-corrected chi connectivity index (χ0v) is 8.74. The van der Waals surface area contributed by atoms with Gasteiger partial charge in [0.15, 0.2) is 0 Å². The van der Waals surface area contributed by atoms with Crippen LogP contribution in [0.25, 0.3) is 0 Å². The number of halogens is 1. The molecule has 1 heterocycles. The van der Waals surface area contributed by atoms with Gasteiger partial charge in [-0.05, 0) is 31.7 Å². The van der Waals surface area contributed by atoms with E-state index in [1.54, 1.807) is 12.5 Å². The molecule has 4 heteroatoms. The minimum atomic E-state index is 0.374. The maximum absolute atomic E-state index is 6.03. The smallest absolute Gasteiger partial charge is 0.129 e. The number of nitrogens with one attached hydrogen (secondary N) is 1. The number of rotatable bonds is 2. The highest BCUT2D eigenvalue weighted by Crippen LogP contribution is 2.24. The summed E-state index contributed by atoms with van der Waals surface area (Å²) in [5.74, 6) is 0.915. The second kappa shape index (κ2) is 4.60. The molecule has 0 radical (unpaired) electrons. The first-order chi connectivity index (χ1) is 6.84. The van der Waals surface area contributed by atoms with Gasteiger partial charge in [-0.15, -0.1) is 11.6 Å². The van der Waals surface area contributed by atoms with E-state index in [2.05, 4.69) is 15.3 Å². The fourth-order valence-electron chi connectivity index (χ4n) is 1.78. The van der Waals surface area contributed by atoms with E-state index in [0.29, 0.717) is 11.4 Å². The molecule has 76 valence electrons. The summed E-state index contributed by atoms with van der Waals surface area (Å²) in [6, 6.07) is 2.42. The molecule has 0 unspecified atom stereocenters. The van der Waals surface area contributed by atoms with E-state index >= 15 is 0 Å². The normalized spacial score (nSPS) is 27.2. The topological polar surface area (TPSA) is 37.8 Å². The van der Waals surface area contributed by atoms with Gasteiger partial charge in [0.25, 0.3) is 0 Å². The van der Waals surface area contributed by atoms with Crippen molar-refractivity contribution in [2.24, 2.45) is 0 Å². The summed E-state index contributed by atoms with van der Waals surface area (Å²) in [7, 11) is 0. The molecule has 3 nitrogen and oxygen atoms in total. The van der Waals surface area contributed by atoms with Crippen LogP contribution in [0.15, 0.2) is 18.6 Å². The van der Waals surface area contributed by atoms with Crippen LogP contribution in [0, 0.1) is 0 Å². The molecule has 0 spiro atoms. The first-order valence-electron chi connectivity index (χ1n) is 5.01. The highest BCUT2D eigenvalue weighted by Gasteiger charge is 2.19. The van der Waals surface area contributed by atoms with Crippen LogP contribution >= 0.6 is 11.6 Å². The SMILES string of the molecule is ClC1CCC(Nc2ccncn2)CC1. The Morgan fingerprint density at radius 1 is 1.29 bits per heavy atom. The zero-order chi connectivity index (χ0) is 9.80. The Morgan fingerprint density at radius 2 is 2.07 bits per heavy atom. The van der Waals surface area contributed by atoms with E-state index in [0.717, 1.165) is 31.5 Å². The van der Waals surface area contributed by atoms with Gasteiger partial charge in [0.05, 0.1) is 0 Å². The van der Waals surface area contributed by atoms with Gasteiger partial charge < -0.3 is 5.32 Å². The molecule has 1 N–H and O–H groups in total. The van der Waals surface area contributed by atoms with Crippen molar-refractivity contribution in [2.75, 3.05) is 5.32 Å². The molecule has 1 fully saturated rings. The van der Waals surface area contributed by atoms with Crippen molar-refractivity contribution in [3.8, 4) is 0 Å². The van der Waals surface area contributed by atoms with Crippen molar-refractivity contribution in [3.05, 3.63) is 18.6 Å². The third-order valence-corrected chi connectivity index (χ3v) is 3.03. The highest BCUT2D eigenvalue weighted by molar-refractivity contribution is 6.20. The summed E-state index contributed by atoms with van der Waals surface area (Å²) in [6.45, 7) is 0. The molecule has 0 atom stereocenters. The average molecular weight is 212 g/mol. The lowest BCUT2D eigenvalue weighted by Gasteiger charge is -2.26. The van der Waals surface area contributed by atoms with Crippen molar-refractivity contribution in [2.45, 2.75) is 37.1 Å². The minimum absolute atomic E-state index is 0.374. The minimum Gasteiger partial charge on any atom is -0.367 e. The molecule has 14 heavy (non-hydrogen) atoms. The second-order valence-corrected chi connectivity index (χ2v) is 4.31. The maximum atomic E-state index is 6.03. The molecule has 2 rings (SSSR count). The van der Waals surface area contributed by atoms with E-state index in [1.165, 1.54) is 0 Å². The Balaban J connectivity index is 1.87. The fraction of sp³-hybridized carbons (Fsp3) is 0.600. The molecule has 0 saturated heterocycles. The van der Waals surface area contributed by atoms with Gasteiger partial charge in [-0.3, -0.25) is 0 Å². The van der Waals surface area contributed by atoms with E-state index in [9.17, 15) is 0 Å². The second-order valence-electron chi connectivity index (χ2n) is 3.69. The van der Waals surface area contributed by atoms with Crippen molar-refractivity contribution in [1.29, 1.82) is 0 Å². The Labute approximate surface area is 88.9 Å². The van der Waals surface area contributed by atoms with Crippen LogP contribution in [0.3, 0.4) is 0 Å². The number of nitrogens with zero attached hydrogens (tertiary/aromatic N) is 2. The molecule has 0 aliphatic heterocycles. The van der Waals surface area contributed by atoms with E-state index in [-0.39, 0.29) is 0 Å². The van der Waals surface area contributed by atoms with Crippen molar-refractivity contribution < 1.29 is 0 Å². The van der Waals surface area contributed by atoms with E-state index in [1.807, 2.05) is 6.07 Å². The number of alkyl halides is 1. The third kappa shape index (κ3) is 2.58. The Morgan fingerprint density at radius 3 is 2.71 bits per heavy atom. The molecule has 0 amide bonds. The van der Waals surface area contributed by atoms with Crippen LogP contribution in [0.4, 0.5) is 5.82 Å². The fourth-order valence-corrected chi connectivity index (χ4v) is 2.03.